The van der Waals surface area contributed by atoms with Gasteiger partial charge in [-0.15, -0.1) is 23.5 Å². The molecule has 0 amide bonds. The number of para-hydroxylation sites is 4. The molecule has 0 atom stereocenters. The zero-order valence-electron chi connectivity index (χ0n) is 52.5. The topological polar surface area (TPSA) is 97.1 Å². The van der Waals surface area contributed by atoms with E-state index < -0.39 is 0 Å². The Labute approximate surface area is 542 Å². The Morgan fingerprint density at radius 1 is 0.264 bits per heavy atom. The molecule has 5 fully saturated rings. The third-order valence-electron chi connectivity index (χ3n) is 15.6. The van der Waals surface area contributed by atoms with Crippen LogP contribution in [0.3, 0.4) is 0 Å². The molecule has 0 spiro atoms. The van der Waals surface area contributed by atoms with Gasteiger partial charge in [-0.05, 0) is 196 Å². The van der Waals surface area contributed by atoms with E-state index in [0.717, 1.165) is 90.2 Å². The van der Waals surface area contributed by atoms with Crippen molar-refractivity contribution in [3.63, 3.8) is 0 Å². The maximum atomic E-state index is 5.42. The standard InChI is InChI=1S/C9H11N.C9H10O.C9H10S.C8H9N.C8H8O.C8H8S.C5H11N.C5H10O.C5H10S.C4H9NO.C4H9NS/c3*1-2-6-9-8(4-1)5-3-7-10-9;3*1-2-4-8-7(3-1)5-6-9-8;3*1-2-4-6-5-3-1;2*1-3-6-4-2-5-1/h1-2,4,6,10H,3,5,7H2;2*1-2,4,6H,3,5,7H2;1-4,9H,5-6H2;2*1-4H,5-6H2;6H,1-5H2;2*1-5H2;2*5H,1-4H2. The minimum Gasteiger partial charge on any atom is -0.493 e. The molecule has 6 aromatic rings. The number of thioether (sulfide) groups is 4. The highest BCUT2D eigenvalue weighted by atomic mass is 32.2. The predicted octanol–water partition coefficient (Wildman–Crippen LogP) is 16.2. The van der Waals surface area contributed by atoms with Gasteiger partial charge in [0.1, 0.15) is 11.5 Å². The van der Waals surface area contributed by atoms with E-state index in [0.29, 0.717) is 0 Å². The number of benzene rings is 6. The number of morpholine rings is 1. The first-order valence-corrected chi connectivity index (χ1v) is 37.5. The van der Waals surface area contributed by atoms with Crippen LogP contribution >= 0.6 is 47.0 Å². The zero-order valence-corrected chi connectivity index (χ0v) is 55.8. The molecule has 13 heteroatoms. The van der Waals surface area contributed by atoms with Crippen LogP contribution in [0.25, 0.3) is 0 Å². The third-order valence-corrected chi connectivity index (χ3v) is 20.0. The largest absolute Gasteiger partial charge is 0.493 e. The maximum absolute atomic E-state index is 5.42. The van der Waals surface area contributed by atoms with E-state index >= 15 is 0 Å². The highest BCUT2D eigenvalue weighted by Gasteiger charge is 2.12. The monoisotopic (exact) mass is 1260 g/mol. The Morgan fingerprint density at radius 2 is 0.736 bits per heavy atom. The molecule has 5 saturated heterocycles. The lowest BCUT2D eigenvalue weighted by molar-refractivity contribution is 0.0968. The van der Waals surface area contributed by atoms with Crippen molar-refractivity contribution in [2.45, 2.75) is 125 Å². The van der Waals surface area contributed by atoms with Crippen LogP contribution in [0.5, 0.6) is 11.5 Å². The molecule has 17 rings (SSSR count). The summed E-state index contributed by atoms with van der Waals surface area (Å²) in [6, 6.07) is 50.8. The number of hydrogen-bond donors (Lipinski definition) is 5. The number of anilines is 2. The summed E-state index contributed by atoms with van der Waals surface area (Å²) in [5.41, 5.74) is 11.3. The van der Waals surface area contributed by atoms with Gasteiger partial charge in [0.2, 0.25) is 0 Å². The Kier molecular flexibility index (Phi) is 37.7. The van der Waals surface area contributed by atoms with Crippen LogP contribution in [0, 0.1) is 0 Å². The minimum absolute atomic E-state index is 0.860. The van der Waals surface area contributed by atoms with Crippen molar-refractivity contribution in [2.75, 3.05) is 137 Å². The van der Waals surface area contributed by atoms with Crippen LogP contribution in [0.4, 0.5) is 11.4 Å². The summed E-state index contributed by atoms with van der Waals surface area (Å²) in [6.07, 6.45) is 23.6. The van der Waals surface area contributed by atoms with Gasteiger partial charge in [0, 0.05) is 97.3 Å². The SMILES string of the molecule is C1CCNCC1.C1CCOCC1.C1CCSCC1.C1COCCN1.C1CSCCN1.c1ccc2c(c1)CCCN2.c1ccc2c(c1)CCCO2.c1ccc2c(c1)CCCS2.c1ccc2c(c1)CCN2.c1ccc2c(c1)CCO2.c1ccc2c(c1)CCS2. The lowest BCUT2D eigenvalue weighted by atomic mass is 10.0. The summed E-state index contributed by atoms with van der Waals surface area (Å²) in [6.45, 7) is 14.8. The normalized spacial score (nSPS) is 18.4. The molecule has 0 bridgehead atoms. The van der Waals surface area contributed by atoms with Gasteiger partial charge < -0.3 is 45.5 Å². The number of aryl methyl sites for hydroxylation is 4. The van der Waals surface area contributed by atoms with E-state index in [1.54, 1.807) is 5.56 Å². The van der Waals surface area contributed by atoms with Crippen molar-refractivity contribution in [1.82, 2.24) is 16.0 Å². The second kappa shape index (κ2) is 46.8. The van der Waals surface area contributed by atoms with Crippen molar-refractivity contribution < 1.29 is 18.9 Å². The highest BCUT2D eigenvalue weighted by Crippen LogP contribution is 2.31. The molecule has 0 aliphatic carbocycles. The van der Waals surface area contributed by atoms with Crippen molar-refractivity contribution in [3.05, 3.63) is 179 Å². The first-order valence-electron chi connectivity index (χ1n) is 33.2. The Hall–Kier alpha value is -4.28. The van der Waals surface area contributed by atoms with Crippen LogP contribution in [0.2, 0.25) is 0 Å². The fourth-order valence-electron chi connectivity index (χ4n) is 10.7. The van der Waals surface area contributed by atoms with Gasteiger partial charge in [0.15, 0.2) is 0 Å². The molecular weight excluding hydrogens is 1150 g/mol. The number of fused-ring (bicyclic) bond motifs is 6. The Bertz CT molecular complexity index is 2170. The van der Waals surface area contributed by atoms with Crippen molar-refractivity contribution >= 4 is 58.4 Å². The van der Waals surface area contributed by atoms with Crippen molar-refractivity contribution in [2.24, 2.45) is 0 Å². The summed E-state index contributed by atoms with van der Waals surface area (Å²) in [5.74, 6) is 10.2. The quantitative estimate of drug-likeness (QED) is 0.1000. The number of ether oxygens (including phenoxy) is 4. The predicted molar refractivity (Wildman–Crippen MR) is 381 cm³/mol. The second-order valence-electron chi connectivity index (χ2n) is 22.4. The van der Waals surface area contributed by atoms with Gasteiger partial charge in [-0.25, -0.2) is 0 Å². The van der Waals surface area contributed by atoms with Gasteiger partial charge in [-0.2, -0.15) is 23.5 Å². The van der Waals surface area contributed by atoms with E-state index in [-0.39, 0.29) is 0 Å². The summed E-state index contributed by atoms with van der Waals surface area (Å²) < 4.78 is 20.8. The molecule has 11 aliphatic rings. The molecule has 9 nitrogen and oxygen atoms in total. The molecule has 474 valence electrons. The van der Waals surface area contributed by atoms with Crippen LogP contribution in [0.15, 0.2) is 155 Å². The molecular formula is C74H105N5O4S4. The van der Waals surface area contributed by atoms with Gasteiger partial charge in [0.05, 0.1) is 26.4 Å². The van der Waals surface area contributed by atoms with Gasteiger partial charge in [-0.1, -0.05) is 122 Å². The average Bonchev–Trinajstić information content (AvgIpc) is 4.55. The van der Waals surface area contributed by atoms with E-state index in [1.807, 2.05) is 65.6 Å². The second-order valence-corrected chi connectivity index (χ2v) is 27.2. The molecule has 6 aromatic carbocycles. The van der Waals surface area contributed by atoms with E-state index in [1.165, 1.54) is 212 Å². The van der Waals surface area contributed by atoms with Crippen LogP contribution < -0.4 is 36.1 Å². The molecule has 0 unspecified atom stereocenters. The van der Waals surface area contributed by atoms with Crippen molar-refractivity contribution in [1.29, 1.82) is 0 Å². The molecule has 0 saturated carbocycles. The van der Waals surface area contributed by atoms with E-state index in [4.69, 9.17) is 18.9 Å². The first kappa shape index (κ1) is 70.2. The summed E-state index contributed by atoms with van der Waals surface area (Å²) in [4.78, 5) is 2.98. The zero-order chi connectivity index (χ0) is 60.0. The van der Waals surface area contributed by atoms with E-state index in [2.05, 4.69) is 154 Å². The van der Waals surface area contributed by atoms with Crippen molar-refractivity contribution in [3.8, 4) is 11.5 Å². The molecule has 5 N–H and O–H groups in total. The highest BCUT2D eigenvalue weighted by molar-refractivity contribution is 8.00. The number of piperidine rings is 1. The lowest BCUT2D eigenvalue weighted by Crippen LogP contribution is -2.30. The number of rotatable bonds is 0. The van der Waals surface area contributed by atoms with Gasteiger partial charge in [-0.3, -0.25) is 0 Å². The third kappa shape index (κ3) is 30.4. The average molecular weight is 1260 g/mol. The van der Waals surface area contributed by atoms with Crippen LogP contribution in [0.1, 0.15) is 110 Å². The molecule has 0 aromatic heterocycles. The van der Waals surface area contributed by atoms with Crippen LogP contribution in [-0.4, -0.2) is 127 Å². The fourth-order valence-corrected chi connectivity index (χ4v) is 14.6. The number of nitrogens with one attached hydrogen (secondary N) is 5. The minimum atomic E-state index is 0.860. The molecule has 87 heavy (non-hydrogen) atoms. The Balaban J connectivity index is 0.000000138. The first-order chi connectivity index (χ1) is 43.3. The maximum Gasteiger partial charge on any atom is 0.122 e. The molecule has 11 aliphatic heterocycles. The molecule has 11 heterocycles. The summed E-state index contributed by atoms with van der Waals surface area (Å²) in [7, 11) is 0. The Morgan fingerprint density at radius 3 is 1.21 bits per heavy atom. The smallest absolute Gasteiger partial charge is 0.122 e. The number of hydrogen-bond acceptors (Lipinski definition) is 13. The van der Waals surface area contributed by atoms with E-state index in [9.17, 15) is 0 Å². The summed E-state index contributed by atoms with van der Waals surface area (Å²) in [5, 5.41) is 16.4. The molecule has 0 radical (unpaired) electrons. The summed E-state index contributed by atoms with van der Waals surface area (Å²) >= 11 is 8.08. The van der Waals surface area contributed by atoms with Gasteiger partial charge >= 0.3 is 0 Å². The van der Waals surface area contributed by atoms with Crippen LogP contribution in [-0.2, 0) is 48.0 Å². The fraction of sp³-hybridized carbons (Fsp3) is 0.514. The van der Waals surface area contributed by atoms with Gasteiger partial charge in [0.25, 0.3) is 0 Å². The lowest BCUT2D eigenvalue weighted by Gasteiger charge is -2.16.